The van der Waals surface area contributed by atoms with Gasteiger partial charge in [0.2, 0.25) is 0 Å². The molecule has 2 atom stereocenters. The first-order valence-electron chi connectivity index (χ1n) is 20.2. The standard InChI is InChI=1S/C50H62N4O/c1-31-45(46-40(49(9,10)11)19-17-20-41(46)50(12,13)14)32(2)54(52-31)35-26-34(48(6,7)8)27-37(29-35)55-36-22-23-39-38-18-15-16-21-42(38)53(43(39)30-36)44-28-33(24-25-51-44)47(3,4)5/h15-16,18-19,21-30,41,46H,17,20H2,1-14H3/t41-,46-/m0/s1. The lowest BCUT2D eigenvalue weighted by Gasteiger charge is -2.45. The molecule has 3 aromatic heterocycles. The molecule has 3 heterocycles. The van der Waals surface area contributed by atoms with Crippen molar-refractivity contribution in [3.63, 3.8) is 0 Å². The Labute approximate surface area is 329 Å². The van der Waals surface area contributed by atoms with Gasteiger partial charge in [-0.1, -0.05) is 113 Å². The Hall–Kier alpha value is -4.64. The fourth-order valence-electron chi connectivity index (χ4n) is 8.95. The van der Waals surface area contributed by atoms with Gasteiger partial charge in [0.1, 0.15) is 17.3 Å². The summed E-state index contributed by atoms with van der Waals surface area (Å²) in [5, 5.41) is 7.68. The molecule has 0 aliphatic heterocycles. The maximum atomic E-state index is 6.88. The summed E-state index contributed by atoms with van der Waals surface area (Å²) in [6.45, 7) is 32.4. The van der Waals surface area contributed by atoms with E-state index in [4.69, 9.17) is 14.8 Å². The van der Waals surface area contributed by atoms with Crippen LogP contribution in [0.1, 0.15) is 130 Å². The highest BCUT2D eigenvalue weighted by molar-refractivity contribution is 6.09. The molecule has 0 N–H and O–H groups in total. The van der Waals surface area contributed by atoms with Gasteiger partial charge in [-0.25, -0.2) is 9.67 Å². The summed E-state index contributed by atoms with van der Waals surface area (Å²) in [6, 6.07) is 26.0. The second kappa shape index (κ2) is 13.5. The van der Waals surface area contributed by atoms with E-state index in [1.807, 2.05) is 6.20 Å². The molecule has 5 nitrogen and oxygen atoms in total. The van der Waals surface area contributed by atoms with Gasteiger partial charge in [-0.15, -0.1) is 0 Å². The maximum absolute atomic E-state index is 6.88. The fourth-order valence-corrected chi connectivity index (χ4v) is 8.95. The number of fused-ring (bicyclic) bond motifs is 3. The zero-order valence-corrected chi connectivity index (χ0v) is 35.8. The molecule has 0 fully saturated rings. The molecule has 0 radical (unpaired) electrons. The molecule has 0 saturated heterocycles. The number of para-hydroxylation sites is 1. The van der Waals surface area contributed by atoms with Crippen molar-refractivity contribution in [2.75, 3.05) is 0 Å². The number of aryl methyl sites for hydroxylation is 1. The number of benzene rings is 3. The lowest BCUT2D eigenvalue weighted by atomic mass is 9.59. The number of aromatic nitrogens is 4. The highest BCUT2D eigenvalue weighted by atomic mass is 16.5. The van der Waals surface area contributed by atoms with Crippen molar-refractivity contribution in [1.29, 1.82) is 0 Å². The predicted octanol–water partition coefficient (Wildman–Crippen LogP) is 13.9. The van der Waals surface area contributed by atoms with Gasteiger partial charge in [-0.05, 0) is 108 Å². The zero-order valence-electron chi connectivity index (χ0n) is 35.8. The van der Waals surface area contributed by atoms with E-state index in [0.29, 0.717) is 11.8 Å². The first-order valence-corrected chi connectivity index (χ1v) is 20.2. The van der Waals surface area contributed by atoms with Crippen molar-refractivity contribution < 1.29 is 4.74 Å². The first kappa shape index (κ1) is 38.6. The maximum Gasteiger partial charge on any atom is 0.137 e. The van der Waals surface area contributed by atoms with Crippen molar-refractivity contribution in [3.05, 3.63) is 119 Å². The summed E-state index contributed by atoms with van der Waals surface area (Å²) in [4.78, 5) is 4.89. The summed E-state index contributed by atoms with van der Waals surface area (Å²) in [6.07, 6.45) is 6.79. The third-order valence-corrected chi connectivity index (χ3v) is 11.9. The smallest absolute Gasteiger partial charge is 0.137 e. The van der Waals surface area contributed by atoms with Gasteiger partial charge in [0.25, 0.3) is 0 Å². The number of pyridine rings is 1. The third kappa shape index (κ3) is 7.28. The average molecular weight is 735 g/mol. The van der Waals surface area contributed by atoms with Crippen molar-refractivity contribution in [1.82, 2.24) is 19.3 Å². The van der Waals surface area contributed by atoms with Gasteiger partial charge in [0.05, 0.1) is 22.4 Å². The summed E-state index contributed by atoms with van der Waals surface area (Å²) in [5.74, 6) is 3.33. The van der Waals surface area contributed by atoms with Crippen LogP contribution < -0.4 is 4.74 Å². The third-order valence-electron chi connectivity index (χ3n) is 11.9. The minimum Gasteiger partial charge on any atom is -0.457 e. The second-order valence-electron chi connectivity index (χ2n) is 20.2. The largest absolute Gasteiger partial charge is 0.457 e. The molecule has 1 aliphatic rings. The van der Waals surface area contributed by atoms with Gasteiger partial charge in [0.15, 0.2) is 0 Å². The summed E-state index contributed by atoms with van der Waals surface area (Å²) >= 11 is 0. The van der Waals surface area contributed by atoms with E-state index < -0.39 is 0 Å². The highest BCUT2D eigenvalue weighted by Crippen LogP contribution is 2.53. The molecule has 3 aromatic carbocycles. The SMILES string of the molecule is Cc1nn(-c2cc(Oc3ccc4c5ccccc5n(-c5cc(C(C)(C)C)ccn5)c4c3)cc(C(C)(C)C)c2)c(C)c1[C@H]1C(C(C)(C)C)=CCC[C@@H]1C(C)(C)C. The Bertz CT molecular complexity index is 2430. The van der Waals surface area contributed by atoms with E-state index in [1.165, 1.54) is 39.6 Å². The van der Waals surface area contributed by atoms with Gasteiger partial charge >= 0.3 is 0 Å². The minimum absolute atomic E-state index is 0.00299. The highest BCUT2D eigenvalue weighted by Gasteiger charge is 2.42. The molecule has 7 rings (SSSR count). The van der Waals surface area contributed by atoms with Crippen molar-refractivity contribution >= 4 is 21.8 Å². The fraction of sp³-hybridized carbons (Fsp3) is 0.440. The van der Waals surface area contributed by atoms with E-state index in [-0.39, 0.29) is 21.7 Å². The molecule has 55 heavy (non-hydrogen) atoms. The van der Waals surface area contributed by atoms with Gasteiger partial charge in [-0.2, -0.15) is 5.10 Å². The van der Waals surface area contributed by atoms with Crippen LogP contribution in [0.5, 0.6) is 11.5 Å². The molecular formula is C50H62N4O. The molecule has 1 aliphatic carbocycles. The van der Waals surface area contributed by atoms with E-state index in [2.05, 4.69) is 185 Å². The quantitative estimate of drug-likeness (QED) is 0.166. The Morgan fingerprint density at radius 3 is 2.04 bits per heavy atom. The van der Waals surface area contributed by atoms with Crippen molar-refractivity contribution in [2.24, 2.45) is 16.7 Å². The van der Waals surface area contributed by atoms with Gasteiger partial charge in [-0.3, -0.25) is 4.57 Å². The van der Waals surface area contributed by atoms with E-state index >= 15 is 0 Å². The Balaban J connectivity index is 1.35. The van der Waals surface area contributed by atoms with E-state index in [1.54, 1.807) is 5.57 Å². The van der Waals surface area contributed by atoms with Crippen molar-refractivity contribution in [3.8, 4) is 23.0 Å². The molecule has 6 aromatic rings. The van der Waals surface area contributed by atoms with Crippen molar-refractivity contribution in [2.45, 2.75) is 127 Å². The number of allylic oxidation sites excluding steroid dienone is 2. The molecule has 0 spiro atoms. The van der Waals surface area contributed by atoms with Crippen LogP contribution in [0.3, 0.4) is 0 Å². The van der Waals surface area contributed by atoms with E-state index in [0.717, 1.165) is 46.2 Å². The van der Waals surface area contributed by atoms with Crippen LogP contribution in [0, 0.1) is 30.6 Å². The van der Waals surface area contributed by atoms with Gasteiger partial charge in [0, 0.05) is 46.3 Å². The molecule has 0 unspecified atom stereocenters. The number of ether oxygens (including phenoxy) is 1. The van der Waals surface area contributed by atoms with E-state index in [9.17, 15) is 0 Å². The van der Waals surface area contributed by atoms with Crippen LogP contribution in [0.15, 0.2) is 90.6 Å². The normalized spacial score (nSPS) is 17.2. The first-order chi connectivity index (χ1) is 25.6. The van der Waals surface area contributed by atoms with Crippen LogP contribution in [0.2, 0.25) is 0 Å². The molecule has 0 bridgehead atoms. The molecule has 0 amide bonds. The van der Waals surface area contributed by atoms with Crippen LogP contribution in [-0.4, -0.2) is 19.3 Å². The topological polar surface area (TPSA) is 44.9 Å². The lowest BCUT2D eigenvalue weighted by Crippen LogP contribution is -2.34. The summed E-state index contributed by atoms with van der Waals surface area (Å²) < 4.78 is 11.3. The van der Waals surface area contributed by atoms with Gasteiger partial charge < -0.3 is 4.74 Å². The van der Waals surface area contributed by atoms with Crippen LogP contribution >= 0.6 is 0 Å². The molecular weight excluding hydrogens is 673 g/mol. The Kier molecular flexibility index (Phi) is 9.50. The average Bonchev–Trinajstić information content (AvgIpc) is 3.58. The van der Waals surface area contributed by atoms with Crippen LogP contribution in [0.4, 0.5) is 0 Å². The number of nitrogens with zero attached hydrogens (tertiary/aromatic N) is 4. The number of hydrogen-bond donors (Lipinski definition) is 0. The second-order valence-corrected chi connectivity index (χ2v) is 20.2. The monoisotopic (exact) mass is 734 g/mol. The predicted molar refractivity (Wildman–Crippen MR) is 232 cm³/mol. The zero-order chi connectivity index (χ0) is 39.8. The van der Waals surface area contributed by atoms with Crippen LogP contribution in [0.25, 0.3) is 33.3 Å². The Morgan fingerprint density at radius 1 is 0.673 bits per heavy atom. The molecule has 0 saturated carbocycles. The molecule has 5 heteroatoms. The lowest BCUT2D eigenvalue weighted by molar-refractivity contribution is 0.180. The molecule has 288 valence electrons. The minimum atomic E-state index is -0.101. The summed E-state index contributed by atoms with van der Waals surface area (Å²) in [5.41, 5.74) is 11.1. The van der Waals surface area contributed by atoms with Crippen LogP contribution in [-0.2, 0) is 10.8 Å². The number of hydrogen-bond acceptors (Lipinski definition) is 3. The number of rotatable bonds is 5. The summed E-state index contributed by atoms with van der Waals surface area (Å²) in [7, 11) is 0. The Morgan fingerprint density at radius 2 is 1.36 bits per heavy atom.